The SMILES string of the molecule is CCCCNC(=O)c1ccc(C)c(S(=O)(=O)N2CCCCC2)c1. The quantitative estimate of drug-likeness (QED) is 0.811. The lowest BCUT2D eigenvalue weighted by Gasteiger charge is -2.26. The summed E-state index contributed by atoms with van der Waals surface area (Å²) in [6, 6.07) is 4.91. The smallest absolute Gasteiger partial charge is 0.251 e. The third kappa shape index (κ3) is 4.32. The van der Waals surface area contributed by atoms with Gasteiger partial charge in [-0.1, -0.05) is 25.8 Å². The van der Waals surface area contributed by atoms with Crippen LogP contribution in [0.1, 0.15) is 54.9 Å². The number of aryl methyl sites for hydroxylation is 1. The van der Waals surface area contributed by atoms with Gasteiger partial charge in [0.05, 0.1) is 4.90 Å². The lowest BCUT2D eigenvalue weighted by Crippen LogP contribution is -2.36. The van der Waals surface area contributed by atoms with Crippen molar-refractivity contribution in [3.8, 4) is 0 Å². The number of hydrogen-bond donors (Lipinski definition) is 1. The number of carbonyl (C=O) groups is 1. The summed E-state index contributed by atoms with van der Waals surface area (Å²) in [4.78, 5) is 12.4. The second-order valence-corrected chi connectivity index (χ2v) is 7.96. The molecule has 23 heavy (non-hydrogen) atoms. The Morgan fingerprint density at radius 3 is 2.57 bits per heavy atom. The Balaban J connectivity index is 2.24. The van der Waals surface area contributed by atoms with Gasteiger partial charge in [0.15, 0.2) is 0 Å². The zero-order valence-corrected chi connectivity index (χ0v) is 14.8. The van der Waals surface area contributed by atoms with Gasteiger partial charge in [-0.2, -0.15) is 4.31 Å². The third-order valence-corrected chi connectivity index (χ3v) is 6.24. The van der Waals surface area contributed by atoms with Gasteiger partial charge in [0.1, 0.15) is 0 Å². The summed E-state index contributed by atoms with van der Waals surface area (Å²) in [6.07, 6.45) is 4.79. The normalized spacial score (nSPS) is 16.3. The fourth-order valence-corrected chi connectivity index (χ4v) is 4.51. The second kappa shape index (κ2) is 7.93. The fourth-order valence-electron chi connectivity index (χ4n) is 2.74. The number of unbranched alkanes of at least 4 members (excludes halogenated alkanes) is 1. The van der Waals surface area contributed by atoms with E-state index in [4.69, 9.17) is 0 Å². The average Bonchev–Trinajstić information content (AvgIpc) is 2.56. The summed E-state index contributed by atoms with van der Waals surface area (Å²) in [5.74, 6) is -0.214. The molecule has 2 rings (SSSR count). The summed E-state index contributed by atoms with van der Waals surface area (Å²) < 4.78 is 27.2. The van der Waals surface area contributed by atoms with E-state index in [2.05, 4.69) is 12.2 Å². The lowest BCUT2D eigenvalue weighted by molar-refractivity contribution is 0.0953. The van der Waals surface area contributed by atoms with Gasteiger partial charge in [-0.3, -0.25) is 4.79 Å². The minimum Gasteiger partial charge on any atom is -0.352 e. The van der Waals surface area contributed by atoms with Crippen LogP contribution in [0.2, 0.25) is 0 Å². The molecule has 1 aliphatic heterocycles. The van der Waals surface area contributed by atoms with Gasteiger partial charge in [-0.15, -0.1) is 0 Å². The molecule has 1 amide bonds. The first-order valence-electron chi connectivity index (χ1n) is 8.36. The number of amides is 1. The van der Waals surface area contributed by atoms with Gasteiger partial charge in [0.25, 0.3) is 5.91 Å². The maximum absolute atomic E-state index is 12.8. The van der Waals surface area contributed by atoms with Gasteiger partial charge in [0.2, 0.25) is 10.0 Å². The number of carbonyl (C=O) groups excluding carboxylic acids is 1. The summed E-state index contributed by atoms with van der Waals surface area (Å²) in [7, 11) is -3.52. The molecule has 0 saturated carbocycles. The van der Waals surface area contributed by atoms with E-state index in [1.165, 1.54) is 10.4 Å². The largest absolute Gasteiger partial charge is 0.352 e. The van der Waals surface area contributed by atoms with Gasteiger partial charge in [0, 0.05) is 25.2 Å². The number of sulfonamides is 1. The number of rotatable bonds is 6. The topological polar surface area (TPSA) is 66.5 Å². The summed E-state index contributed by atoms with van der Waals surface area (Å²) in [5, 5.41) is 2.83. The van der Waals surface area contributed by atoms with E-state index in [0.29, 0.717) is 30.8 Å². The number of hydrogen-bond acceptors (Lipinski definition) is 3. The highest BCUT2D eigenvalue weighted by Crippen LogP contribution is 2.24. The molecule has 1 fully saturated rings. The van der Waals surface area contributed by atoms with Crippen molar-refractivity contribution >= 4 is 15.9 Å². The van der Waals surface area contributed by atoms with Crippen molar-refractivity contribution in [2.45, 2.75) is 50.8 Å². The van der Waals surface area contributed by atoms with E-state index in [-0.39, 0.29) is 10.8 Å². The Morgan fingerprint density at radius 2 is 1.91 bits per heavy atom. The van der Waals surface area contributed by atoms with Crippen LogP contribution in [0.15, 0.2) is 23.1 Å². The molecule has 0 atom stereocenters. The van der Waals surface area contributed by atoms with Crippen LogP contribution in [-0.4, -0.2) is 38.3 Å². The van der Waals surface area contributed by atoms with Gasteiger partial charge < -0.3 is 5.32 Å². The summed E-state index contributed by atoms with van der Waals surface area (Å²) >= 11 is 0. The van der Waals surface area contributed by atoms with E-state index in [1.54, 1.807) is 19.1 Å². The van der Waals surface area contributed by atoms with Crippen molar-refractivity contribution in [3.05, 3.63) is 29.3 Å². The molecule has 128 valence electrons. The molecule has 5 nitrogen and oxygen atoms in total. The zero-order chi connectivity index (χ0) is 16.9. The molecule has 1 heterocycles. The van der Waals surface area contributed by atoms with Crippen molar-refractivity contribution in [1.82, 2.24) is 9.62 Å². The van der Waals surface area contributed by atoms with Crippen molar-refractivity contribution in [2.75, 3.05) is 19.6 Å². The number of benzene rings is 1. The maximum atomic E-state index is 12.8. The van der Waals surface area contributed by atoms with Crippen LogP contribution in [0.3, 0.4) is 0 Å². The van der Waals surface area contributed by atoms with E-state index in [1.807, 2.05) is 0 Å². The molecule has 0 bridgehead atoms. The zero-order valence-electron chi connectivity index (χ0n) is 14.0. The van der Waals surface area contributed by atoms with E-state index in [0.717, 1.165) is 32.1 Å². The summed E-state index contributed by atoms with van der Waals surface area (Å²) in [6.45, 7) is 5.57. The molecule has 0 unspecified atom stereocenters. The van der Waals surface area contributed by atoms with Crippen LogP contribution in [-0.2, 0) is 10.0 Å². The molecule has 1 aromatic rings. The van der Waals surface area contributed by atoms with Crippen LogP contribution in [0, 0.1) is 6.92 Å². The van der Waals surface area contributed by atoms with Crippen molar-refractivity contribution in [2.24, 2.45) is 0 Å². The Bertz CT molecular complexity index is 650. The van der Waals surface area contributed by atoms with Gasteiger partial charge >= 0.3 is 0 Å². The van der Waals surface area contributed by atoms with Crippen molar-refractivity contribution in [1.29, 1.82) is 0 Å². The molecule has 0 aliphatic carbocycles. The minimum atomic E-state index is -3.52. The van der Waals surface area contributed by atoms with E-state index in [9.17, 15) is 13.2 Å². The molecule has 0 aromatic heterocycles. The number of piperidine rings is 1. The van der Waals surface area contributed by atoms with Crippen LogP contribution in [0.25, 0.3) is 0 Å². The second-order valence-electron chi connectivity index (χ2n) is 6.05. The molecular formula is C17H26N2O3S. The average molecular weight is 338 g/mol. The highest BCUT2D eigenvalue weighted by Gasteiger charge is 2.28. The molecule has 1 aliphatic rings. The first-order valence-corrected chi connectivity index (χ1v) is 9.80. The molecule has 0 spiro atoms. The Morgan fingerprint density at radius 1 is 1.22 bits per heavy atom. The van der Waals surface area contributed by atoms with Gasteiger partial charge in [-0.25, -0.2) is 8.42 Å². The molecule has 6 heteroatoms. The summed E-state index contributed by atoms with van der Waals surface area (Å²) in [5.41, 5.74) is 1.09. The third-order valence-electron chi connectivity index (χ3n) is 4.20. The first-order chi connectivity index (χ1) is 11.0. The first kappa shape index (κ1) is 17.9. The Kier molecular flexibility index (Phi) is 6.18. The van der Waals surface area contributed by atoms with Gasteiger partial charge in [-0.05, 0) is 43.9 Å². The van der Waals surface area contributed by atoms with E-state index < -0.39 is 10.0 Å². The Hall–Kier alpha value is -1.40. The van der Waals surface area contributed by atoms with Crippen LogP contribution in [0.5, 0.6) is 0 Å². The highest BCUT2D eigenvalue weighted by atomic mass is 32.2. The van der Waals surface area contributed by atoms with Crippen LogP contribution in [0.4, 0.5) is 0 Å². The minimum absolute atomic E-state index is 0.214. The molecule has 1 saturated heterocycles. The lowest BCUT2D eigenvalue weighted by atomic mass is 10.1. The fraction of sp³-hybridized carbons (Fsp3) is 0.588. The molecule has 0 radical (unpaired) electrons. The van der Waals surface area contributed by atoms with E-state index >= 15 is 0 Å². The van der Waals surface area contributed by atoms with Crippen molar-refractivity contribution < 1.29 is 13.2 Å². The Labute approximate surface area is 139 Å². The monoisotopic (exact) mass is 338 g/mol. The highest BCUT2D eigenvalue weighted by molar-refractivity contribution is 7.89. The van der Waals surface area contributed by atoms with Crippen LogP contribution >= 0.6 is 0 Å². The predicted molar refractivity (Wildman–Crippen MR) is 91.0 cm³/mol. The van der Waals surface area contributed by atoms with Crippen LogP contribution < -0.4 is 5.32 Å². The number of nitrogens with one attached hydrogen (secondary N) is 1. The predicted octanol–water partition coefficient (Wildman–Crippen LogP) is 2.70. The molecule has 1 aromatic carbocycles. The molecule has 1 N–H and O–H groups in total. The number of nitrogens with zero attached hydrogens (tertiary/aromatic N) is 1. The molecular weight excluding hydrogens is 312 g/mol. The standard InChI is InChI=1S/C17H26N2O3S/c1-3-4-10-18-17(20)15-9-8-14(2)16(13-15)23(21,22)19-11-6-5-7-12-19/h8-9,13H,3-7,10-12H2,1-2H3,(H,18,20). The maximum Gasteiger partial charge on any atom is 0.251 e. The van der Waals surface area contributed by atoms with Crippen molar-refractivity contribution in [3.63, 3.8) is 0 Å².